The molecule has 0 radical (unpaired) electrons. The number of hydrogen-bond acceptors (Lipinski definition) is 4. The lowest BCUT2D eigenvalue weighted by molar-refractivity contribution is -0.144. The molecular weight excluding hydrogens is 278 g/mol. The molecule has 0 spiro atoms. The highest BCUT2D eigenvalue weighted by atomic mass is 32.1. The molecular formula is C13H15N3O3S. The van der Waals surface area contributed by atoms with Crippen molar-refractivity contribution in [3.05, 3.63) is 23.0 Å². The number of thiazole rings is 1. The number of carboxylic acid groups (broad SMARTS) is 1. The Morgan fingerprint density at radius 2 is 2.25 bits per heavy atom. The van der Waals surface area contributed by atoms with Crippen molar-refractivity contribution in [3.63, 3.8) is 0 Å². The van der Waals surface area contributed by atoms with Crippen molar-refractivity contribution in [2.75, 3.05) is 13.1 Å². The van der Waals surface area contributed by atoms with E-state index in [9.17, 15) is 9.59 Å². The minimum Gasteiger partial charge on any atom is -0.481 e. The van der Waals surface area contributed by atoms with Gasteiger partial charge in [-0.2, -0.15) is 0 Å². The molecule has 1 N–H and O–H groups in total. The number of carbonyl (C=O) groups is 2. The van der Waals surface area contributed by atoms with E-state index in [0.29, 0.717) is 19.5 Å². The molecule has 1 saturated heterocycles. The lowest BCUT2D eigenvalue weighted by Crippen LogP contribution is -2.51. The number of rotatable bonds is 4. The Bertz CT molecular complexity index is 670. The van der Waals surface area contributed by atoms with E-state index in [1.165, 1.54) is 11.3 Å². The average Bonchev–Trinajstić information content (AvgIpc) is 2.83. The first-order valence-electron chi connectivity index (χ1n) is 6.44. The molecule has 0 atom stereocenters. The maximum Gasteiger partial charge on any atom is 0.303 e. The average molecular weight is 293 g/mol. The molecule has 3 rings (SSSR count). The van der Waals surface area contributed by atoms with Gasteiger partial charge in [0.05, 0.1) is 18.5 Å². The van der Waals surface area contributed by atoms with E-state index < -0.39 is 5.97 Å². The lowest BCUT2D eigenvalue weighted by atomic mass is 9.96. The topological polar surface area (TPSA) is 74.9 Å². The van der Waals surface area contributed by atoms with Crippen molar-refractivity contribution in [3.8, 4) is 0 Å². The van der Waals surface area contributed by atoms with Gasteiger partial charge in [-0.15, -0.1) is 11.3 Å². The largest absolute Gasteiger partial charge is 0.481 e. The van der Waals surface area contributed by atoms with Gasteiger partial charge in [0.1, 0.15) is 0 Å². The van der Waals surface area contributed by atoms with Crippen LogP contribution >= 0.6 is 11.3 Å². The van der Waals surface area contributed by atoms with Crippen LogP contribution in [0.5, 0.6) is 0 Å². The number of hydrogen-bond donors (Lipinski definition) is 1. The molecule has 1 aliphatic heterocycles. The van der Waals surface area contributed by atoms with Gasteiger partial charge < -0.3 is 10.0 Å². The molecule has 2 aromatic heterocycles. The van der Waals surface area contributed by atoms with Crippen molar-refractivity contribution in [1.82, 2.24) is 14.3 Å². The van der Waals surface area contributed by atoms with Crippen LogP contribution in [0.1, 0.15) is 17.8 Å². The zero-order valence-corrected chi connectivity index (χ0v) is 11.9. The first kappa shape index (κ1) is 13.1. The van der Waals surface area contributed by atoms with Crippen LogP contribution in [-0.2, 0) is 16.0 Å². The number of carbonyl (C=O) groups excluding carboxylic acids is 1. The second-order valence-corrected chi connectivity index (χ2v) is 6.04. The summed E-state index contributed by atoms with van der Waals surface area (Å²) in [5, 5.41) is 10.6. The number of aryl methyl sites for hydroxylation is 1. The highest BCUT2D eigenvalue weighted by Gasteiger charge is 2.32. The Morgan fingerprint density at radius 3 is 2.95 bits per heavy atom. The van der Waals surface area contributed by atoms with Crippen LogP contribution in [0.4, 0.5) is 0 Å². The standard InChI is InChI=1S/C13H15N3O3S/c1-8-4-16-10(7-20-13(16)14-8)3-11(17)15-5-9(6-15)2-12(18)19/h4,7,9H,2-3,5-6H2,1H3,(H,18,19). The minimum atomic E-state index is -0.796. The Labute approximate surface area is 119 Å². The molecule has 7 heteroatoms. The molecule has 0 saturated carbocycles. The summed E-state index contributed by atoms with van der Waals surface area (Å²) in [5.74, 6) is -0.636. The van der Waals surface area contributed by atoms with Crippen LogP contribution in [0.3, 0.4) is 0 Å². The molecule has 6 nitrogen and oxygen atoms in total. The molecule has 0 unspecified atom stereocenters. The second kappa shape index (κ2) is 4.90. The third-order valence-corrected chi connectivity index (χ3v) is 4.40. The molecule has 1 amide bonds. The fraction of sp³-hybridized carbons (Fsp3) is 0.462. The highest BCUT2D eigenvalue weighted by Crippen LogP contribution is 2.22. The maximum atomic E-state index is 12.1. The third kappa shape index (κ3) is 2.40. The molecule has 0 aromatic carbocycles. The Kier molecular flexibility index (Phi) is 3.21. The molecule has 2 aromatic rings. The fourth-order valence-corrected chi connectivity index (χ4v) is 3.40. The van der Waals surface area contributed by atoms with Gasteiger partial charge in [0.2, 0.25) is 5.91 Å². The Hall–Kier alpha value is -1.89. The van der Waals surface area contributed by atoms with Crippen LogP contribution in [0, 0.1) is 12.8 Å². The van der Waals surface area contributed by atoms with Gasteiger partial charge in [-0.25, -0.2) is 4.98 Å². The molecule has 106 valence electrons. The van der Waals surface area contributed by atoms with E-state index in [2.05, 4.69) is 4.98 Å². The number of amides is 1. The first-order chi connectivity index (χ1) is 9.52. The van der Waals surface area contributed by atoms with Gasteiger partial charge in [0, 0.05) is 36.3 Å². The van der Waals surface area contributed by atoms with Crippen molar-refractivity contribution < 1.29 is 14.7 Å². The van der Waals surface area contributed by atoms with Crippen LogP contribution in [0.25, 0.3) is 4.96 Å². The van der Waals surface area contributed by atoms with Gasteiger partial charge >= 0.3 is 5.97 Å². The summed E-state index contributed by atoms with van der Waals surface area (Å²) in [6.45, 7) is 3.04. The maximum absolute atomic E-state index is 12.1. The highest BCUT2D eigenvalue weighted by molar-refractivity contribution is 7.15. The zero-order valence-electron chi connectivity index (χ0n) is 11.1. The van der Waals surface area contributed by atoms with E-state index in [1.807, 2.05) is 22.9 Å². The number of carboxylic acids is 1. The zero-order chi connectivity index (χ0) is 14.3. The third-order valence-electron chi connectivity index (χ3n) is 3.51. The van der Waals surface area contributed by atoms with Crippen molar-refractivity contribution in [2.24, 2.45) is 5.92 Å². The number of likely N-dealkylation sites (tertiary alicyclic amines) is 1. The molecule has 20 heavy (non-hydrogen) atoms. The molecule has 0 aliphatic carbocycles. The van der Waals surface area contributed by atoms with E-state index in [1.54, 1.807) is 4.90 Å². The van der Waals surface area contributed by atoms with Crippen molar-refractivity contribution in [1.29, 1.82) is 0 Å². The summed E-state index contributed by atoms with van der Waals surface area (Å²) >= 11 is 1.53. The van der Waals surface area contributed by atoms with Crippen molar-refractivity contribution in [2.45, 2.75) is 19.8 Å². The number of nitrogens with zero attached hydrogens (tertiary/aromatic N) is 3. The van der Waals surface area contributed by atoms with Gasteiger partial charge in [0.25, 0.3) is 0 Å². The Balaban J connectivity index is 1.61. The van der Waals surface area contributed by atoms with E-state index >= 15 is 0 Å². The van der Waals surface area contributed by atoms with E-state index in [0.717, 1.165) is 16.3 Å². The van der Waals surface area contributed by atoms with E-state index in [4.69, 9.17) is 5.11 Å². The van der Waals surface area contributed by atoms with Gasteiger partial charge in [-0.05, 0) is 6.92 Å². The summed E-state index contributed by atoms with van der Waals surface area (Å²) < 4.78 is 1.95. The van der Waals surface area contributed by atoms with E-state index in [-0.39, 0.29) is 18.2 Å². The molecule has 1 aliphatic rings. The smallest absolute Gasteiger partial charge is 0.303 e. The number of aliphatic carboxylic acids is 1. The summed E-state index contributed by atoms with van der Waals surface area (Å²) in [5.41, 5.74) is 1.88. The monoisotopic (exact) mass is 293 g/mol. The summed E-state index contributed by atoms with van der Waals surface area (Å²) in [6.07, 6.45) is 2.42. The first-order valence-corrected chi connectivity index (χ1v) is 7.32. The van der Waals surface area contributed by atoms with Gasteiger partial charge in [-0.3, -0.25) is 14.0 Å². The van der Waals surface area contributed by atoms with Crippen LogP contribution < -0.4 is 0 Å². The van der Waals surface area contributed by atoms with Crippen LogP contribution in [0.2, 0.25) is 0 Å². The van der Waals surface area contributed by atoms with Crippen LogP contribution in [0.15, 0.2) is 11.6 Å². The SMILES string of the molecule is Cc1cn2c(CC(=O)N3CC(CC(=O)O)C3)csc2n1. The van der Waals surface area contributed by atoms with Gasteiger partial charge in [0.15, 0.2) is 4.96 Å². The predicted octanol–water partition coefficient (Wildman–Crippen LogP) is 1.18. The Morgan fingerprint density at radius 1 is 1.50 bits per heavy atom. The fourth-order valence-electron chi connectivity index (χ4n) is 2.49. The molecule has 1 fully saturated rings. The summed E-state index contributed by atoms with van der Waals surface area (Å²) in [7, 11) is 0. The molecule has 0 bridgehead atoms. The summed E-state index contributed by atoms with van der Waals surface area (Å²) in [4.78, 5) is 29.7. The van der Waals surface area contributed by atoms with Gasteiger partial charge in [-0.1, -0.05) is 0 Å². The molecule has 3 heterocycles. The lowest BCUT2D eigenvalue weighted by Gasteiger charge is -2.38. The minimum absolute atomic E-state index is 0.0534. The summed E-state index contributed by atoms with van der Waals surface area (Å²) in [6, 6.07) is 0. The number of imidazole rings is 1. The normalized spacial score (nSPS) is 15.6. The second-order valence-electron chi connectivity index (χ2n) is 5.20. The predicted molar refractivity (Wildman–Crippen MR) is 73.8 cm³/mol. The number of fused-ring (bicyclic) bond motifs is 1. The number of aromatic nitrogens is 2. The van der Waals surface area contributed by atoms with Crippen molar-refractivity contribution >= 4 is 28.2 Å². The quantitative estimate of drug-likeness (QED) is 0.918. The van der Waals surface area contributed by atoms with Crippen LogP contribution in [-0.4, -0.2) is 44.4 Å².